The third-order valence-corrected chi connectivity index (χ3v) is 7.39. The van der Waals surface area contributed by atoms with E-state index in [9.17, 15) is 10.1 Å². The molecule has 170 valence electrons. The van der Waals surface area contributed by atoms with Crippen LogP contribution in [-0.4, -0.2) is 21.4 Å². The summed E-state index contributed by atoms with van der Waals surface area (Å²) in [6, 6.07) is 15.7. The van der Waals surface area contributed by atoms with E-state index in [1.54, 1.807) is 23.5 Å². The number of nitrogens with zero attached hydrogens (tertiary/aromatic N) is 4. The normalized spacial score (nSPS) is 18.8. The third-order valence-electron chi connectivity index (χ3n) is 6.56. The number of thiazole rings is 1. The van der Waals surface area contributed by atoms with Crippen LogP contribution in [0.25, 0.3) is 11.3 Å². The smallest absolute Gasteiger partial charge is 0.258 e. The first-order chi connectivity index (χ1) is 16.2. The predicted molar refractivity (Wildman–Crippen MR) is 133 cm³/mol. The van der Waals surface area contributed by atoms with Gasteiger partial charge in [0.2, 0.25) is 4.80 Å². The molecule has 2 aliphatic carbocycles. The fraction of sp³-hybridized carbons (Fsp3) is 0.385. The minimum atomic E-state index is -0.346. The van der Waals surface area contributed by atoms with E-state index >= 15 is 0 Å². The maximum Gasteiger partial charge on any atom is 0.270 e. The topological polar surface area (TPSA) is 72.8 Å². The van der Waals surface area contributed by atoms with E-state index in [0.717, 1.165) is 60.3 Å². The second kappa shape index (κ2) is 9.83. The highest BCUT2D eigenvalue weighted by Gasteiger charge is 2.18. The lowest BCUT2D eigenvalue weighted by molar-refractivity contribution is -0.384. The number of nitro groups is 1. The van der Waals surface area contributed by atoms with Gasteiger partial charge in [-0.2, -0.15) is 5.10 Å². The highest BCUT2D eigenvalue weighted by atomic mass is 32.1. The Hall–Kier alpha value is -3.06. The maximum absolute atomic E-state index is 11.4. The van der Waals surface area contributed by atoms with Gasteiger partial charge in [-0.3, -0.25) is 15.1 Å². The van der Waals surface area contributed by atoms with Gasteiger partial charge < -0.3 is 0 Å². The Morgan fingerprint density at radius 3 is 2.64 bits per heavy atom. The first-order valence-electron chi connectivity index (χ1n) is 11.8. The second-order valence-corrected chi connectivity index (χ2v) is 9.69. The molecule has 0 unspecified atom stereocenters. The molecule has 0 N–H and O–H groups in total. The Labute approximate surface area is 197 Å². The number of rotatable bonds is 4. The molecule has 3 aromatic rings. The number of hydrogen-bond donors (Lipinski definition) is 0. The second-order valence-electron chi connectivity index (χ2n) is 8.85. The van der Waals surface area contributed by atoms with E-state index in [1.807, 2.05) is 16.1 Å². The van der Waals surface area contributed by atoms with Gasteiger partial charge in [0.15, 0.2) is 0 Å². The van der Waals surface area contributed by atoms with E-state index in [1.165, 1.54) is 36.5 Å². The molecule has 0 atom stereocenters. The summed E-state index contributed by atoms with van der Waals surface area (Å²) in [5.74, 6) is 0. The van der Waals surface area contributed by atoms with E-state index < -0.39 is 0 Å². The summed E-state index contributed by atoms with van der Waals surface area (Å²) in [5, 5.41) is 18.6. The molecular formula is C26H28N4O2S. The molecular weight excluding hydrogens is 432 g/mol. The van der Waals surface area contributed by atoms with Gasteiger partial charge in [0, 0.05) is 28.6 Å². The van der Waals surface area contributed by atoms with Crippen LogP contribution < -0.4 is 4.80 Å². The van der Waals surface area contributed by atoms with Crippen LogP contribution in [0.1, 0.15) is 62.5 Å². The zero-order valence-corrected chi connectivity index (χ0v) is 19.5. The zero-order valence-electron chi connectivity index (χ0n) is 18.7. The van der Waals surface area contributed by atoms with Crippen LogP contribution in [0, 0.1) is 10.1 Å². The van der Waals surface area contributed by atoms with E-state index in [-0.39, 0.29) is 10.6 Å². The Kier molecular flexibility index (Phi) is 6.48. The average Bonchev–Trinajstić information content (AvgIpc) is 3.11. The Balaban J connectivity index is 1.67. The molecule has 1 fully saturated rings. The van der Waals surface area contributed by atoms with Crippen LogP contribution in [0.2, 0.25) is 0 Å². The summed E-state index contributed by atoms with van der Waals surface area (Å²) >= 11 is 1.57. The van der Waals surface area contributed by atoms with Crippen molar-refractivity contribution in [1.29, 1.82) is 0 Å². The average molecular weight is 461 g/mol. The molecule has 0 spiro atoms. The molecule has 0 amide bonds. The summed E-state index contributed by atoms with van der Waals surface area (Å²) in [6.07, 6.45) is 10.2. The van der Waals surface area contributed by atoms with Gasteiger partial charge in [0.25, 0.3) is 5.69 Å². The van der Waals surface area contributed by atoms with Crippen LogP contribution in [0.5, 0.6) is 0 Å². The van der Waals surface area contributed by atoms with Crippen molar-refractivity contribution in [2.75, 3.05) is 0 Å². The van der Waals surface area contributed by atoms with Crippen molar-refractivity contribution in [1.82, 2.24) is 4.68 Å². The fourth-order valence-corrected chi connectivity index (χ4v) is 5.72. The first kappa shape index (κ1) is 21.8. The molecule has 5 rings (SSSR count). The molecule has 1 saturated carbocycles. The van der Waals surface area contributed by atoms with Gasteiger partial charge in [-0.25, -0.2) is 4.68 Å². The Morgan fingerprint density at radius 1 is 0.970 bits per heavy atom. The molecule has 2 aromatic carbocycles. The number of aromatic nitrogens is 1. The quantitative estimate of drug-likeness (QED) is 0.259. The predicted octanol–water partition coefficient (Wildman–Crippen LogP) is 6.34. The van der Waals surface area contributed by atoms with Crippen molar-refractivity contribution >= 4 is 22.7 Å². The largest absolute Gasteiger partial charge is 0.270 e. The first-order valence-corrected chi connectivity index (χ1v) is 12.7. The molecule has 33 heavy (non-hydrogen) atoms. The van der Waals surface area contributed by atoms with Gasteiger partial charge >= 0.3 is 0 Å². The van der Waals surface area contributed by atoms with Gasteiger partial charge in [-0.1, -0.05) is 55.7 Å². The number of non-ortho nitro benzene ring substituents is 1. The summed E-state index contributed by atoms with van der Waals surface area (Å²) in [5.41, 5.74) is 5.35. The Morgan fingerprint density at radius 2 is 1.79 bits per heavy atom. The fourth-order valence-electron chi connectivity index (χ4n) is 4.82. The number of fused-ring (bicyclic) bond motifs is 1. The lowest BCUT2D eigenvalue weighted by Crippen LogP contribution is -2.20. The van der Waals surface area contributed by atoms with E-state index in [4.69, 9.17) is 10.1 Å². The zero-order chi connectivity index (χ0) is 22.6. The van der Waals surface area contributed by atoms with Crippen molar-refractivity contribution < 1.29 is 4.92 Å². The highest BCUT2D eigenvalue weighted by Crippen LogP contribution is 2.27. The van der Waals surface area contributed by atoms with Gasteiger partial charge in [0.1, 0.15) is 0 Å². The molecule has 6 nitrogen and oxygen atoms in total. The molecule has 0 saturated heterocycles. The van der Waals surface area contributed by atoms with Crippen molar-refractivity contribution in [2.45, 2.75) is 63.8 Å². The minimum Gasteiger partial charge on any atom is -0.258 e. The monoisotopic (exact) mass is 460 g/mol. The molecule has 0 aliphatic heterocycles. The third kappa shape index (κ3) is 4.83. The van der Waals surface area contributed by atoms with Gasteiger partial charge in [-0.15, -0.1) is 11.3 Å². The van der Waals surface area contributed by atoms with Crippen molar-refractivity contribution in [2.24, 2.45) is 10.1 Å². The number of hydrogen-bond acceptors (Lipinski definition) is 5. The molecule has 7 heteroatoms. The van der Waals surface area contributed by atoms with E-state index in [2.05, 4.69) is 24.3 Å². The number of aryl methyl sites for hydroxylation is 1. The minimum absolute atomic E-state index is 0.0866. The number of nitro benzene ring substituents is 1. The lowest BCUT2D eigenvalue weighted by Gasteiger charge is -2.17. The summed E-state index contributed by atoms with van der Waals surface area (Å²) < 4.78 is 1.94. The molecule has 2 aliphatic rings. The molecule has 0 radical (unpaired) electrons. The van der Waals surface area contributed by atoms with Crippen LogP contribution >= 0.6 is 11.3 Å². The summed E-state index contributed by atoms with van der Waals surface area (Å²) in [4.78, 5) is 17.0. The molecule has 0 bridgehead atoms. The SMILES string of the molecule is O=[N+]([O-])c1cccc(-c2csc(=NC3CCCCC3)n2N=C2CCCCc3ccccc32)c1. The van der Waals surface area contributed by atoms with Crippen LogP contribution in [0.3, 0.4) is 0 Å². The standard InChI is InChI=1S/C26H28N4O2S/c31-30(32)22-14-8-11-20(17-22)25-18-33-26(27-21-12-2-1-3-13-21)29(25)28-24-16-7-5-10-19-9-4-6-15-23(19)24/h4,6,8-9,11,14-15,17-18,21H,1-3,5,7,10,12-13,16H2. The summed E-state index contributed by atoms with van der Waals surface area (Å²) in [7, 11) is 0. The van der Waals surface area contributed by atoms with Crippen molar-refractivity contribution in [3.05, 3.63) is 80.0 Å². The van der Waals surface area contributed by atoms with Gasteiger partial charge in [0.05, 0.1) is 22.4 Å². The lowest BCUT2D eigenvalue weighted by atomic mass is 9.96. The summed E-state index contributed by atoms with van der Waals surface area (Å²) in [6.45, 7) is 0. The van der Waals surface area contributed by atoms with Crippen LogP contribution in [-0.2, 0) is 6.42 Å². The van der Waals surface area contributed by atoms with E-state index in [0.29, 0.717) is 6.04 Å². The highest BCUT2D eigenvalue weighted by molar-refractivity contribution is 7.07. The Bertz CT molecular complexity index is 1250. The number of benzene rings is 2. The van der Waals surface area contributed by atoms with Crippen LogP contribution in [0.15, 0.2) is 64.0 Å². The van der Waals surface area contributed by atoms with Gasteiger partial charge in [-0.05, 0) is 44.1 Å². The van der Waals surface area contributed by atoms with Crippen molar-refractivity contribution in [3.63, 3.8) is 0 Å². The molecule has 1 aromatic heterocycles. The molecule has 1 heterocycles. The van der Waals surface area contributed by atoms with Crippen LogP contribution in [0.4, 0.5) is 5.69 Å². The van der Waals surface area contributed by atoms with Crippen molar-refractivity contribution in [3.8, 4) is 11.3 Å². The maximum atomic E-state index is 11.4.